The van der Waals surface area contributed by atoms with Crippen LogP contribution in [-0.4, -0.2) is 29.3 Å². The summed E-state index contributed by atoms with van der Waals surface area (Å²) in [4.78, 5) is 20.3. The third kappa shape index (κ3) is 15.0. The van der Waals surface area contributed by atoms with E-state index < -0.39 is 5.97 Å². The van der Waals surface area contributed by atoms with Crippen molar-refractivity contribution in [3.05, 3.63) is 12.2 Å². The van der Waals surface area contributed by atoms with Crippen LogP contribution in [-0.2, 0) is 9.53 Å². The molecule has 0 atom stereocenters. The number of alkyl carbamates (subject to hydrolysis) is 1. The van der Waals surface area contributed by atoms with Crippen LogP contribution in [0.4, 0.5) is 4.79 Å². The molecule has 1 amide bonds. The summed E-state index contributed by atoms with van der Waals surface area (Å²) in [5, 5.41) is 10.6. The number of rotatable bonds is 2. The lowest BCUT2D eigenvalue weighted by Crippen LogP contribution is -2.40. The molecule has 5 heteroatoms. The summed E-state index contributed by atoms with van der Waals surface area (Å²) in [6.07, 6.45) is -0.352. The van der Waals surface area contributed by atoms with Crippen LogP contribution in [0.5, 0.6) is 0 Å². The van der Waals surface area contributed by atoms with Crippen molar-refractivity contribution in [3.63, 3.8) is 0 Å². The van der Waals surface area contributed by atoms with Gasteiger partial charge in [0.15, 0.2) is 0 Å². The molecule has 0 saturated carbocycles. The van der Waals surface area contributed by atoms with E-state index in [1.54, 1.807) is 6.92 Å². The van der Waals surface area contributed by atoms with Gasteiger partial charge < -0.3 is 15.2 Å². The van der Waals surface area contributed by atoms with Gasteiger partial charge in [-0.05, 0) is 34.6 Å². The lowest BCUT2D eigenvalue weighted by Gasteiger charge is -2.19. The molecule has 16 heavy (non-hydrogen) atoms. The minimum absolute atomic E-state index is 0.176. The van der Waals surface area contributed by atoms with E-state index in [9.17, 15) is 9.59 Å². The first-order valence-electron chi connectivity index (χ1n) is 4.94. The highest BCUT2D eigenvalue weighted by atomic mass is 16.5. The predicted octanol–water partition coefficient (Wildman–Crippen LogP) is 2.18. The van der Waals surface area contributed by atoms with Crippen LogP contribution in [0.25, 0.3) is 0 Å². The molecule has 0 aromatic carbocycles. The number of carbonyl (C=O) groups excluding carboxylic acids is 1. The third-order valence-electron chi connectivity index (χ3n) is 1.12. The zero-order chi connectivity index (χ0) is 13.4. The van der Waals surface area contributed by atoms with Gasteiger partial charge in [-0.3, -0.25) is 0 Å². The molecule has 2 N–H and O–H groups in total. The second kappa shape index (κ2) is 7.73. The largest absolute Gasteiger partial charge is 0.478 e. The van der Waals surface area contributed by atoms with Crippen molar-refractivity contribution in [2.75, 3.05) is 6.61 Å². The number of ether oxygens (including phenoxy) is 1. The lowest BCUT2D eigenvalue weighted by atomic mass is 10.1. The van der Waals surface area contributed by atoms with Gasteiger partial charge in [0.1, 0.15) is 0 Å². The number of aliphatic carboxylic acids is 1. The monoisotopic (exact) mass is 231 g/mol. The van der Waals surface area contributed by atoms with E-state index in [0.717, 1.165) is 0 Å². The van der Waals surface area contributed by atoms with Crippen molar-refractivity contribution < 1.29 is 19.4 Å². The zero-order valence-corrected chi connectivity index (χ0v) is 10.6. The highest BCUT2D eigenvalue weighted by Gasteiger charge is 2.13. The smallest absolute Gasteiger partial charge is 0.407 e. The number of carboxylic acids is 1. The molecule has 0 saturated heterocycles. The summed E-state index contributed by atoms with van der Waals surface area (Å²) in [6, 6.07) is 0. The van der Waals surface area contributed by atoms with Crippen LogP contribution in [0.3, 0.4) is 0 Å². The molecule has 0 aromatic heterocycles. The highest BCUT2D eigenvalue weighted by Crippen LogP contribution is 1.98. The normalized spacial score (nSPS) is 9.56. The molecule has 0 radical (unpaired) electrons. The number of carbonyl (C=O) groups is 2. The van der Waals surface area contributed by atoms with Gasteiger partial charge in [0.05, 0.1) is 6.61 Å². The Labute approximate surface area is 96.5 Å². The fraction of sp³-hybridized carbons (Fsp3) is 0.636. The van der Waals surface area contributed by atoms with E-state index >= 15 is 0 Å². The topological polar surface area (TPSA) is 75.6 Å². The molecule has 0 aliphatic heterocycles. The van der Waals surface area contributed by atoms with Gasteiger partial charge in [-0.2, -0.15) is 0 Å². The fourth-order valence-corrected chi connectivity index (χ4v) is 0.473. The van der Waals surface area contributed by atoms with Crippen LogP contribution < -0.4 is 5.32 Å². The van der Waals surface area contributed by atoms with Crippen molar-refractivity contribution in [1.29, 1.82) is 0 Å². The van der Waals surface area contributed by atoms with Crippen molar-refractivity contribution in [1.82, 2.24) is 5.32 Å². The van der Waals surface area contributed by atoms with Crippen molar-refractivity contribution in [2.45, 2.75) is 40.2 Å². The number of carboxylic acid groups (broad SMARTS) is 1. The maximum Gasteiger partial charge on any atom is 0.407 e. The first-order valence-corrected chi connectivity index (χ1v) is 4.94. The van der Waals surface area contributed by atoms with E-state index in [-0.39, 0.29) is 17.2 Å². The molecule has 0 unspecified atom stereocenters. The van der Waals surface area contributed by atoms with Crippen LogP contribution in [0.1, 0.15) is 34.6 Å². The Balaban J connectivity index is 0. The van der Waals surface area contributed by atoms with E-state index in [1.165, 1.54) is 6.92 Å². The second-order valence-electron chi connectivity index (χ2n) is 4.18. The quantitative estimate of drug-likeness (QED) is 0.714. The summed E-state index contributed by atoms with van der Waals surface area (Å²) in [7, 11) is 0. The van der Waals surface area contributed by atoms with Gasteiger partial charge >= 0.3 is 12.1 Å². The Hall–Kier alpha value is -1.52. The molecule has 0 spiro atoms. The summed E-state index contributed by atoms with van der Waals surface area (Å²) in [5.74, 6) is -0.935. The van der Waals surface area contributed by atoms with Crippen LogP contribution in [0.15, 0.2) is 12.2 Å². The maximum absolute atomic E-state index is 10.7. The second-order valence-corrected chi connectivity index (χ2v) is 4.18. The lowest BCUT2D eigenvalue weighted by molar-refractivity contribution is -0.132. The zero-order valence-electron chi connectivity index (χ0n) is 10.6. The minimum Gasteiger partial charge on any atom is -0.478 e. The van der Waals surface area contributed by atoms with Crippen molar-refractivity contribution >= 4 is 12.1 Å². The van der Waals surface area contributed by atoms with Crippen molar-refractivity contribution in [2.24, 2.45) is 0 Å². The Morgan fingerprint density at radius 1 is 1.38 bits per heavy atom. The number of hydrogen-bond acceptors (Lipinski definition) is 3. The standard InChI is InChI=1S/C7H15NO2.C4H6O2/c1-5-10-6(9)8-7(2,3)4;1-3(2)4(5)6/h5H2,1-4H3,(H,8,9);1H2,2H3,(H,5,6). The first-order chi connectivity index (χ1) is 7.10. The number of nitrogens with one attached hydrogen (secondary N) is 1. The fourth-order valence-electron chi connectivity index (χ4n) is 0.473. The van der Waals surface area contributed by atoms with Gasteiger partial charge in [0.2, 0.25) is 0 Å². The predicted molar refractivity (Wildman–Crippen MR) is 62.4 cm³/mol. The number of hydrogen-bond donors (Lipinski definition) is 2. The van der Waals surface area contributed by atoms with E-state index in [4.69, 9.17) is 5.11 Å². The molecule has 0 aliphatic carbocycles. The summed E-state index contributed by atoms with van der Waals surface area (Å²) < 4.78 is 4.67. The third-order valence-corrected chi connectivity index (χ3v) is 1.12. The molecule has 0 fully saturated rings. The minimum atomic E-state index is -0.935. The van der Waals surface area contributed by atoms with E-state index in [2.05, 4.69) is 16.6 Å². The van der Waals surface area contributed by atoms with E-state index in [0.29, 0.717) is 6.61 Å². The maximum atomic E-state index is 10.7. The molecule has 5 nitrogen and oxygen atoms in total. The Kier molecular flexibility index (Phi) is 8.16. The average molecular weight is 231 g/mol. The average Bonchev–Trinajstić information content (AvgIpc) is 2.01. The van der Waals surface area contributed by atoms with Gasteiger partial charge in [-0.25, -0.2) is 9.59 Å². The molecular formula is C11H21NO4. The van der Waals surface area contributed by atoms with Crippen LogP contribution in [0.2, 0.25) is 0 Å². The summed E-state index contributed by atoms with van der Waals surface area (Å²) in [6.45, 7) is 12.5. The molecule has 0 heterocycles. The molecule has 94 valence electrons. The molecule has 0 aliphatic rings. The van der Waals surface area contributed by atoms with Gasteiger partial charge in [0, 0.05) is 11.1 Å². The Morgan fingerprint density at radius 2 is 1.75 bits per heavy atom. The first kappa shape index (κ1) is 16.9. The Bertz CT molecular complexity index is 241. The van der Waals surface area contributed by atoms with Crippen LogP contribution in [0, 0.1) is 0 Å². The molecule has 0 rings (SSSR count). The van der Waals surface area contributed by atoms with Crippen molar-refractivity contribution in [3.8, 4) is 0 Å². The Morgan fingerprint density at radius 3 is 1.94 bits per heavy atom. The summed E-state index contributed by atoms with van der Waals surface area (Å²) >= 11 is 0. The number of amides is 1. The van der Waals surface area contributed by atoms with Crippen LogP contribution >= 0.6 is 0 Å². The van der Waals surface area contributed by atoms with E-state index in [1.807, 2.05) is 20.8 Å². The molecule has 0 bridgehead atoms. The SMILES string of the molecule is C=C(C)C(=O)O.CCOC(=O)NC(C)(C)C. The van der Waals surface area contributed by atoms with Gasteiger partial charge in [-0.15, -0.1) is 0 Å². The molecular weight excluding hydrogens is 210 g/mol. The summed E-state index contributed by atoms with van der Waals surface area (Å²) in [5.41, 5.74) is -0.0262. The highest BCUT2D eigenvalue weighted by molar-refractivity contribution is 5.84. The van der Waals surface area contributed by atoms with Gasteiger partial charge in [0.25, 0.3) is 0 Å². The molecule has 0 aromatic rings. The van der Waals surface area contributed by atoms with Gasteiger partial charge in [-0.1, -0.05) is 6.58 Å².